The van der Waals surface area contributed by atoms with Crippen molar-refractivity contribution >= 4 is 17.5 Å². The Hall–Kier alpha value is -2.37. The molecule has 0 aliphatic carbocycles. The van der Waals surface area contributed by atoms with Gasteiger partial charge in [-0.05, 0) is 24.6 Å². The Balaban J connectivity index is 1.56. The lowest BCUT2D eigenvalue weighted by Gasteiger charge is -2.40. The number of rotatable bonds is 6. The average Bonchev–Trinajstić information content (AvgIpc) is 2.88. The fourth-order valence-corrected chi connectivity index (χ4v) is 4.74. The summed E-state index contributed by atoms with van der Waals surface area (Å²) in [5.41, 5.74) is 1.34. The maximum Gasteiger partial charge on any atom is 0.405 e. The van der Waals surface area contributed by atoms with Gasteiger partial charge >= 0.3 is 6.18 Å². The largest absolute Gasteiger partial charge is 0.490 e. The number of aliphatic hydroxyl groups is 1. The van der Waals surface area contributed by atoms with E-state index in [4.69, 9.17) is 14.2 Å². The highest BCUT2D eigenvalue weighted by Crippen LogP contribution is 2.46. The molecule has 0 saturated carbocycles. The first-order valence-corrected chi connectivity index (χ1v) is 11.0. The molecule has 4 rings (SSSR count). The van der Waals surface area contributed by atoms with Gasteiger partial charge in [-0.3, -0.25) is 9.59 Å². The van der Waals surface area contributed by atoms with Crippen molar-refractivity contribution in [1.82, 2.24) is 5.32 Å². The van der Waals surface area contributed by atoms with Gasteiger partial charge in [-0.2, -0.15) is 13.2 Å². The second-order valence-electron chi connectivity index (χ2n) is 8.61. The van der Waals surface area contributed by atoms with Crippen LogP contribution >= 0.6 is 0 Å². The number of hydrogen-bond donors (Lipinski definition) is 3. The molecule has 182 valence electrons. The minimum absolute atomic E-state index is 0.0383. The Morgan fingerprint density at radius 1 is 1.27 bits per heavy atom. The molecule has 3 aliphatic rings. The summed E-state index contributed by atoms with van der Waals surface area (Å²) in [6, 6.07) is 5.35. The zero-order valence-corrected chi connectivity index (χ0v) is 17.9. The number of fused-ring (bicyclic) bond motifs is 4. The molecule has 0 aromatic heterocycles. The molecule has 11 heteroatoms. The lowest BCUT2D eigenvalue weighted by molar-refractivity contribution is -0.152. The average molecular weight is 472 g/mol. The summed E-state index contributed by atoms with van der Waals surface area (Å²) in [6.45, 7) is -0.706. The summed E-state index contributed by atoms with van der Waals surface area (Å²) in [7, 11) is 0. The molecule has 3 aliphatic heterocycles. The third kappa shape index (κ3) is 5.77. The smallest absolute Gasteiger partial charge is 0.405 e. The highest BCUT2D eigenvalue weighted by Gasteiger charge is 2.46. The zero-order chi connectivity index (χ0) is 23.6. The highest BCUT2D eigenvalue weighted by atomic mass is 19.4. The van der Waals surface area contributed by atoms with Crippen molar-refractivity contribution in [2.45, 2.75) is 56.1 Å². The molecule has 1 aromatic carbocycles. The maximum atomic E-state index is 12.9. The number of amides is 2. The molecule has 4 atom stereocenters. The predicted molar refractivity (Wildman–Crippen MR) is 110 cm³/mol. The Bertz CT molecular complexity index is 874. The van der Waals surface area contributed by atoms with E-state index >= 15 is 0 Å². The fraction of sp³-hybridized carbons (Fsp3) is 0.636. The van der Waals surface area contributed by atoms with Crippen molar-refractivity contribution in [3.05, 3.63) is 23.8 Å². The van der Waals surface area contributed by atoms with E-state index < -0.39 is 49.3 Å². The molecule has 1 aromatic rings. The van der Waals surface area contributed by atoms with Crippen molar-refractivity contribution in [1.29, 1.82) is 0 Å². The number of carbonyl (C=O) groups excluding carboxylic acids is 2. The van der Waals surface area contributed by atoms with E-state index in [1.807, 2.05) is 11.4 Å². The molecule has 0 unspecified atom stereocenters. The summed E-state index contributed by atoms with van der Waals surface area (Å²) in [5.74, 6) is -1.69. The predicted octanol–water partition coefficient (Wildman–Crippen LogP) is 2.11. The van der Waals surface area contributed by atoms with Crippen LogP contribution in [0.3, 0.4) is 0 Å². The Labute approximate surface area is 188 Å². The summed E-state index contributed by atoms with van der Waals surface area (Å²) >= 11 is 0. The molecule has 3 heterocycles. The number of halogens is 3. The van der Waals surface area contributed by atoms with E-state index in [0.717, 1.165) is 18.4 Å². The van der Waals surface area contributed by atoms with Crippen LogP contribution in [0.2, 0.25) is 0 Å². The Morgan fingerprint density at radius 2 is 2.03 bits per heavy atom. The van der Waals surface area contributed by atoms with Gasteiger partial charge in [0.15, 0.2) is 0 Å². The SMILES string of the molecule is O=C(C[C@@H]1C[C@H]2c3cc(ccc3OC3CCOCC3)NC(=O)[C@H]2[C@@H](CO)O1)NCC(F)(F)F. The highest BCUT2D eigenvalue weighted by molar-refractivity contribution is 5.95. The van der Waals surface area contributed by atoms with Crippen LogP contribution in [0.5, 0.6) is 5.75 Å². The summed E-state index contributed by atoms with van der Waals surface area (Å²) in [4.78, 5) is 25.0. The van der Waals surface area contributed by atoms with E-state index in [-0.39, 0.29) is 24.9 Å². The van der Waals surface area contributed by atoms with Crippen molar-refractivity contribution in [2.24, 2.45) is 5.92 Å². The number of hydrogen-bond acceptors (Lipinski definition) is 6. The van der Waals surface area contributed by atoms with Gasteiger partial charge in [-0.25, -0.2) is 0 Å². The number of aliphatic hydroxyl groups excluding tert-OH is 1. The van der Waals surface area contributed by atoms with E-state index in [9.17, 15) is 27.9 Å². The first kappa shape index (κ1) is 23.8. The second-order valence-corrected chi connectivity index (χ2v) is 8.61. The van der Waals surface area contributed by atoms with E-state index in [1.54, 1.807) is 12.1 Å². The van der Waals surface area contributed by atoms with E-state index in [2.05, 4.69) is 5.32 Å². The van der Waals surface area contributed by atoms with Crippen LogP contribution in [0.25, 0.3) is 0 Å². The molecule has 2 bridgehead atoms. The van der Waals surface area contributed by atoms with Crippen LogP contribution in [0.1, 0.15) is 37.2 Å². The number of benzene rings is 1. The lowest BCUT2D eigenvalue weighted by atomic mass is 9.76. The normalized spacial score (nSPS) is 27.8. The first-order valence-electron chi connectivity index (χ1n) is 11.0. The van der Waals surface area contributed by atoms with Gasteiger partial charge in [0, 0.05) is 30.0 Å². The molecular formula is C22H27F3N2O6. The van der Waals surface area contributed by atoms with Crippen molar-refractivity contribution in [3.63, 3.8) is 0 Å². The van der Waals surface area contributed by atoms with Crippen LogP contribution in [0, 0.1) is 5.92 Å². The van der Waals surface area contributed by atoms with Crippen molar-refractivity contribution < 1.29 is 42.1 Å². The minimum Gasteiger partial charge on any atom is -0.490 e. The van der Waals surface area contributed by atoms with Crippen LogP contribution in [0.15, 0.2) is 18.2 Å². The Morgan fingerprint density at radius 3 is 2.73 bits per heavy atom. The molecule has 2 amide bonds. The van der Waals surface area contributed by atoms with Crippen molar-refractivity contribution in [3.8, 4) is 5.75 Å². The quantitative estimate of drug-likeness (QED) is 0.586. The van der Waals surface area contributed by atoms with Crippen molar-refractivity contribution in [2.75, 3.05) is 31.7 Å². The third-order valence-corrected chi connectivity index (χ3v) is 6.24. The number of anilines is 1. The van der Waals surface area contributed by atoms with Gasteiger partial charge in [0.1, 0.15) is 18.4 Å². The van der Waals surface area contributed by atoms with E-state index in [1.165, 1.54) is 0 Å². The number of ether oxygens (including phenoxy) is 3. The maximum absolute atomic E-state index is 12.9. The third-order valence-electron chi connectivity index (χ3n) is 6.24. The summed E-state index contributed by atoms with van der Waals surface area (Å²) < 4.78 is 54.7. The van der Waals surface area contributed by atoms with Crippen LogP contribution < -0.4 is 15.4 Å². The molecule has 0 spiro atoms. The number of alkyl halides is 3. The number of nitrogens with one attached hydrogen (secondary N) is 2. The zero-order valence-electron chi connectivity index (χ0n) is 17.9. The molecule has 2 saturated heterocycles. The molecule has 2 fully saturated rings. The molecule has 0 radical (unpaired) electrons. The monoisotopic (exact) mass is 472 g/mol. The second kappa shape index (κ2) is 9.86. The van der Waals surface area contributed by atoms with Crippen LogP contribution in [-0.2, 0) is 19.1 Å². The van der Waals surface area contributed by atoms with Crippen LogP contribution in [0.4, 0.5) is 18.9 Å². The number of carbonyl (C=O) groups is 2. The fourth-order valence-electron chi connectivity index (χ4n) is 4.74. The van der Waals surface area contributed by atoms with Gasteiger partial charge < -0.3 is 30.0 Å². The lowest BCUT2D eigenvalue weighted by Crippen LogP contribution is -2.48. The minimum atomic E-state index is -4.52. The van der Waals surface area contributed by atoms with Gasteiger partial charge in [0.25, 0.3) is 0 Å². The molecule has 8 nitrogen and oxygen atoms in total. The summed E-state index contributed by atoms with van der Waals surface area (Å²) in [6.07, 6.45) is -4.85. The Kier molecular flexibility index (Phi) is 7.10. The summed E-state index contributed by atoms with van der Waals surface area (Å²) in [5, 5.41) is 14.6. The van der Waals surface area contributed by atoms with Crippen LogP contribution in [-0.4, -0.2) is 67.8 Å². The first-order chi connectivity index (χ1) is 15.7. The topological polar surface area (TPSA) is 106 Å². The van der Waals surface area contributed by atoms with E-state index in [0.29, 0.717) is 24.7 Å². The molecule has 33 heavy (non-hydrogen) atoms. The van der Waals surface area contributed by atoms with Gasteiger partial charge in [-0.15, -0.1) is 0 Å². The molecule has 3 N–H and O–H groups in total. The molecular weight excluding hydrogens is 445 g/mol. The van der Waals surface area contributed by atoms with Gasteiger partial charge in [0.05, 0.1) is 44.4 Å². The van der Waals surface area contributed by atoms with Gasteiger partial charge in [-0.1, -0.05) is 0 Å². The standard InChI is InChI=1S/C22H27F3N2O6/c23-22(24,25)11-26-19(29)9-14-8-16-15-7-12(27-21(30)20(16)18(10-28)33-14)1-2-17(15)32-13-3-5-31-6-4-13/h1-2,7,13-14,16,18,20,28H,3-6,8-11H2,(H,26,29)(H,27,30)/t14-,16-,18+,20+/m0/s1. The van der Waals surface area contributed by atoms with Gasteiger partial charge in [0.2, 0.25) is 11.8 Å².